The van der Waals surface area contributed by atoms with Crippen molar-refractivity contribution in [1.29, 1.82) is 0 Å². The lowest BCUT2D eigenvalue weighted by atomic mass is 10.1. The normalized spacial score (nSPS) is 12.6. The van der Waals surface area contributed by atoms with E-state index in [0.717, 1.165) is 12.0 Å². The van der Waals surface area contributed by atoms with Crippen LogP contribution in [-0.2, 0) is 6.42 Å². The van der Waals surface area contributed by atoms with E-state index < -0.39 is 0 Å². The highest BCUT2D eigenvalue weighted by Gasteiger charge is 2.13. The number of halogens is 2. The Hall–Kier alpha value is -0.870. The third-order valence-corrected chi connectivity index (χ3v) is 3.63. The number of hydrogen-bond acceptors (Lipinski definition) is 3. The molecule has 1 aromatic carbocycles. The van der Waals surface area contributed by atoms with Crippen molar-refractivity contribution in [3.05, 3.63) is 46.6 Å². The maximum Gasteiger partial charge on any atom is 0.230 e. The van der Waals surface area contributed by atoms with Gasteiger partial charge in [-0.2, -0.15) is 0 Å². The summed E-state index contributed by atoms with van der Waals surface area (Å²) in [5.74, 6) is 1.24. The van der Waals surface area contributed by atoms with Gasteiger partial charge in [-0.15, -0.1) is 10.2 Å². The van der Waals surface area contributed by atoms with Gasteiger partial charge in [0, 0.05) is 5.02 Å². The molecule has 90 valence electrons. The van der Waals surface area contributed by atoms with Crippen molar-refractivity contribution in [3.8, 4) is 0 Å². The number of hydrogen-bond donors (Lipinski definition) is 0. The molecule has 5 heteroatoms. The molecular formula is C12H12BrClN2O. The molecule has 0 bridgehead atoms. The van der Waals surface area contributed by atoms with Crippen LogP contribution in [0, 0.1) is 0 Å². The second-order valence-electron chi connectivity index (χ2n) is 3.72. The molecule has 1 aromatic heterocycles. The van der Waals surface area contributed by atoms with Gasteiger partial charge in [-0.05, 0) is 24.1 Å². The van der Waals surface area contributed by atoms with Crippen molar-refractivity contribution in [2.75, 3.05) is 0 Å². The third kappa shape index (κ3) is 3.30. The van der Waals surface area contributed by atoms with Crippen LogP contribution in [0.4, 0.5) is 0 Å². The Balaban J connectivity index is 2.11. The fourth-order valence-electron chi connectivity index (χ4n) is 1.46. The van der Waals surface area contributed by atoms with E-state index in [0.29, 0.717) is 23.2 Å². The van der Waals surface area contributed by atoms with Crippen LogP contribution >= 0.6 is 27.5 Å². The number of alkyl halides is 1. The van der Waals surface area contributed by atoms with Gasteiger partial charge in [-0.3, -0.25) is 0 Å². The third-order valence-electron chi connectivity index (χ3n) is 2.35. The van der Waals surface area contributed by atoms with Crippen LogP contribution < -0.4 is 0 Å². The van der Waals surface area contributed by atoms with Crippen molar-refractivity contribution in [3.63, 3.8) is 0 Å². The van der Waals surface area contributed by atoms with Crippen LogP contribution in [0.3, 0.4) is 0 Å². The predicted octanol–water partition coefficient (Wildman–Crippen LogP) is 4.16. The molecule has 0 amide bonds. The van der Waals surface area contributed by atoms with Crippen LogP contribution in [-0.4, -0.2) is 10.2 Å². The molecule has 1 atom stereocenters. The first kappa shape index (κ1) is 12.6. The van der Waals surface area contributed by atoms with E-state index in [4.69, 9.17) is 16.0 Å². The number of aromatic nitrogens is 2. The smallest absolute Gasteiger partial charge is 0.230 e. The Labute approximate surface area is 113 Å². The lowest BCUT2D eigenvalue weighted by Gasteiger charge is -1.99. The minimum atomic E-state index is 0.128. The van der Waals surface area contributed by atoms with Gasteiger partial charge in [0.15, 0.2) is 0 Å². The first-order chi connectivity index (χ1) is 8.19. The first-order valence-corrected chi connectivity index (χ1v) is 6.69. The summed E-state index contributed by atoms with van der Waals surface area (Å²) in [5.41, 5.74) is 1.07. The van der Waals surface area contributed by atoms with Gasteiger partial charge in [0.25, 0.3) is 0 Å². The average Bonchev–Trinajstić information content (AvgIpc) is 2.76. The maximum absolute atomic E-state index is 5.92. The molecule has 0 saturated carbocycles. The summed E-state index contributed by atoms with van der Waals surface area (Å²) >= 11 is 9.39. The van der Waals surface area contributed by atoms with Gasteiger partial charge in [0.1, 0.15) is 0 Å². The highest BCUT2D eigenvalue weighted by atomic mass is 79.9. The standard InChI is InChI=1S/C12H12BrClN2O/c1-2-10(13)12-16-15-11(17-12)7-8-4-3-5-9(14)6-8/h3-6,10H,2,7H2,1H3. The molecule has 0 N–H and O–H groups in total. The van der Waals surface area contributed by atoms with E-state index in [1.165, 1.54) is 0 Å². The number of nitrogens with zero attached hydrogens (tertiary/aromatic N) is 2. The maximum atomic E-state index is 5.92. The summed E-state index contributed by atoms with van der Waals surface area (Å²) in [6.07, 6.45) is 1.52. The summed E-state index contributed by atoms with van der Waals surface area (Å²) in [7, 11) is 0. The molecular weight excluding hydrogens is 304 g/mol. The Morgan fingerprint density at radius 3 is 2.94 bits per heavy atom. The Morgan fingerprint density at radius 1 is 1.41 bits per heavy atom. The zero-order chi connectivity index (χ0) is 12.3. The molecule has 1 unspecified atom stereocenters. The van der Waals surface area contributed by atoms with Crippen molar-refractivity contribution < 1.29 is 4.42 Å². The molecule has 3 nitrogen and oxygen atoms in total. The fraction of sp³-hybridized carbons (Fsp3) is 0.333. The molecule has 2 aromatic rings. The van der Waals surface area contributed by atoms with Crippen molar-refractivity contribution in [2.24, 2.45) is 0 Å². The molecule has 0 aliphatic heterocycles. The highest BCUT2D eigenvalue weighted by Crippen LogP contribution is 2.25. The van der Waals surface area contributed by atoms with Crippen molar-refractivity contribution in [1.82, 2.24) is 10.2 Å². The second kappa shape index (κ2) is 5.65. The van der Waals surface area contributed by atoms with Crippen LogP contribution in [0.5, 0.6) is 0 Å². The lowest BCUT2D eigenvalue weighted by Crippen LogP contribution is -1.87. The van der Waals surface area contributed by atoms with Crippen LogP contribution in [0.2, 0.25) is 5.02 Å². The Bertz CT molecular complexity index is 501. The number of benzene rings is 1. The van der Waals surface area contributed by atoms with Gasteiger partial charge in [-0.25, -0.2) is 0 Å². The summed E-state index contributed by atoms with van der Waals surface area (Å²) in [4.78, 5) is 0.128. The Morgan fingerprint density at radius 2 is 2.24 bits per heavy atom. The van der Waals surface area contributed by atoms with Gasteiger partial charge in [0.2, 0.25) is 11.8 Å². The molecule has 0 spiro atoms. The van der Waals surface area contributed by atoms with Crippen LogP contribution in [0.15, 0.2) is 28.7 Å². The summed E-state index contributed by atoms with van der Waals surface area (Å²) < 4.78 is 5.57. The first-order valence-electron chi connectivity index (χ1n) is 5.40. The topological polar surface area (TPSA) is 38.9 Å². The van der Waals surface area contributed by atoms with E-state index in [2.05, 4.69) is 33.1 Å². The van der Waals surface area contributed by atoms with Crippen molar-refractivity contribution >= 4 is 27.5 Å². The highest BCUT2D eigenvalue weighted by molar-refractivity contribution is 9.09. The average molecular weight is 316 g/mol. The predicted molar refractivity (Wildman–Crippen MR) is 70.5 cm³/mol. The molecule has 17 heavy (non-hydrogen) atoms. The minimum Gasteiger partial charge on any atom is -0.424 e. The van der Waals surface area contributed by atoms with Gasteiger partial charge in [0.05, 0.1) is 11.2 Å². The van der Waals surface area contributed by atoms with E-state index >= 15 is 0 Å². The summed E-state index contributed by atoms with van der Waals surface area (Å²) in [5, 5.41) is 8.75. The molecule has 0 radical (unpaired) electrons. The van der Waals surface area contributed by atoms with E-state index in [-0.39, 0.29) is 4.83 Å². The van der Waals surface area contributed by atoms with E-state index in [9.17, 15) is 0 Å². The molecule has 1 heterocycles. The fourth-order valence-corrected chi connectivity index (χ4v) is 1.86. The zero-order valence-electron chi connectivity index (χ0n) is 9.36. The second-order valence-corrected chi connectivity index (χ2v) is 5.26. The molecule has 2 rings (SSSR count). The molecule has 0 aliphatic carbocycles. The number of rotatable bonds is 4. The SMILES string of the molecule is CCC(Br)c1nnc(Cc2cccc(Cl)c2)o1. The lowest BCUT2D eigenvalue weighted by molar-refractivity contribution is 0.454. The van der Waals surface area contributed by atoms with Crippen LogP contribution in [0.1, 0.15) is 35.5 Å². The minimum absolute atomic E-state index is 0.128. The quantitative estimate of drug-likeness (QED) is 0.795. The van der Waals surface area contributed by atoms with Gasteiger partial charge in [-0.1, -0.05) is 46.6 Å². The Kier molecular flexibility index (Phi) is 4.18. The molecule has 0 fully saturated rings. The molecule has 0 aliphatic rings. The van der Waals surface area contributed by atoms with E-state index in [1.807, 2.05) is 24.3 Å². The van der Waals surface area contributed by atoms with Crippen molar-refractivity contribution in [2.45, 2.75) is 24.6 Å². The monoisotopic (exact) mass is 314 g/mol. The summed E-state index contributed by atoms with van der Waals surface area (Å²) in [6, 6.07) is 7.64. The van der Waals surface area contributed by atoms with Gasteiger partial charge < -0.3 is 4.42 Å². The van der Waals surface area contributed by atoms with Crippen LogP contribution in [0.25, 0.3) is 0 Å². The largest absolute Gasteiger partial charge is 0.424 e. The van der Waals surface area contributed by atoms with E-state index in [1.54, 1.807) is 0 Å². The summed E-state index contributed by atoms with van der Waals surface area (Å²) in [6.45, 7) is 2.06. The molecule has 0 saturated heterocycles. The zero-order valence-corrected chi connectivity index (χ0v) is 11.7. The van der Waals surface area contributed by atoms with Gasteiger partial charge >= 0.3 is 0 Å².